The average Bonchev–Trinajstić information content (AvgIpc) is 2.40. The Balaban J connectivity index is 2.04. The van der Waals surface area contributed by atoms with Gasteiger partial charge in [0.15, 0.2) is 0 Å². The van der Waals surface area contributed by atoms with Gasteiger partial charge in [-0.3, -0.25) is 0 Å². The molecular weight excluding hydrogens is 226 g/mol. The Morgan fingerprint density at radius 2 is 2.00 bits per heavy atom. The van der Waals surface area contributed by atoms with Gasteiger partial charge in [0.25, 0.3) is 0 Å². The second-order valence-corrected chi connectivity index (χ2v) is 4.18. The zero-order chi connectivity index (χ0) is 13.0. The highest BCUT2D eigenvalue weighted by Crippen LogP contribution is 2.11. The summed E-state index contributed by atoms with van der Waals surface area (Å²) in [6.45, 7) is 4.90. The molecule has 0 bridgehead atoms. The fourth-order valence-electron chi connectivity index (χ4n) is 1.62. The first-order chi connectivity index (χ1) is 8.69. The Morgan fingerprint density at radius 1 is 1.17 bits per heavy atom. The van der Waals surface area contributed by atoms with Crippen LogP contribution in [0, 0.1) is 13.8 Å². The van der Waals surface area contributed by atoms with E-state index in [0.29, 0.717) is 18.3 Å². The number of benzene rings is 1. The van der Waals surface area contributed by atoms with E-state index in [-0.39, 0.29) is 0 Å². The third-order valence-corrected chi connectivity index (χ3v) is 2.83. The van der Waals surface area contributed by atoms with E-state index >= 15 is 0 Å². The van der Waals surface area contributed by atoms with Crippen molar-refractivity contribution in [1.29, 1.82) is 0 Å². The van der Waals surface area contributed by atoms with Crippen molar-refractivity contribution in [2.24, 2.45) is 5.84 Å². The molecule has 1 aromatic heterocycles. The molecule has 1 aromatic carbocycles. The van der Waals surface area contributed by atoms with Gasteiger partial charge in [-0.2, -0.15) is 4.98 Å². The van der Waals surface area contributed by atoms with E-state index in [0.717, 1.165) is 0 Å². The fourth-order valence-corrected chi connectivity index (χ4v) is 1.62. The minimum Gasteiger partial charge on any atom is -0.350 e. The lowest BCUT2D eigenvalue weighted by Gasteiger charge is -2.08. The number of hydrogen-bond acceptors (Lipinski definition) is 5. The highest BCUT2D eigenvalue weighted by Gasteiger charge is 1.99. The molecule has 0 amide bonds. The maximum Gasteiger partial charge on any atom is 0.224 e. The van der Waals surface area contributed by atoms with Gasteiger partial charge in [0.2, 0.25) is 5.95 Å². The van der Waals surface area contributed by atoms with Gasteiger partial charge in [-0.25, -0.2) is 10.8 Å². The second-order valence-electron chi connectivity index (χ2n) is 4.18. The molecule has 2 aromatic rings. The van der Waals surface area contributed by atoms with Gasteiger partial charge in [0, 0.05) is 18.8 Å². The minimum atomic E-state index is 0.559. The average molecular weight is 243 g/mol. The molecule has 5 heteroatoms. The molecule has 0 spiro atoms. The number of hydrogen-bond donors (Lipinski definition) is 3. The summed E-state index contributed by atoms with van der Waals surface area (Å²) < 4.78 is 0. The van der Waals surface area contributed by atoms with Crippen LogP contribution in [-0.2, 0) is 6.54 Å². The molecule has 18 heavy (non-hydrogen) atoms. The van der Waals surface area contributed by atoms with Crippen LogP contribution in [0.3, 0.4) is 0 Å². The van der Waals surface area contributed by atoms with Crippen LogP contribution in [0.15, 0.2) is 30.5 Å². The van der Waals surface area contributed by atoms with Crippen molar-refractivity contribution < 1.29 is 0 Å². The van der Waals surface area contributed by atoms with Crippen LogP contribution in [0.4, 0.5) is 11.8 Å². The molecule has 0 atom stereocenters. The summed E-state index contributed by atoms with van der Waals surface area (Å²) in [6, 6.07) is 8.08. The van der Waals surface area contributed by atoms with Crippen LogP contribution in [0.1, 0.15) is 16.7 Å². The Hall–Kier alpha value is -2.14. The van der Waals surface area contributed by atoms with E-state index in [4.69, 9.17) is 5.84 Å². The maximum absolute atomic E-state index is 5.29. The van der Waals surface area contributed by atoms with Crippen molar-refractivity contribution in [2.75, 3.05) is 10.7 Å². The number of rotatable bonds is 4. The molecule has 0 saturated heterocycles. The van der Waals surface area contributed by atoms with Crippen LogP contribution in [0.2, 0.25) is 0 Å². The molecule has 0 unspecified atom stereocenters. The van der Waals surface area contributed by atoms with E-state index in [9.17, 15) is 0 Å². The number of nitrogens with one attached hydrogen (secondary N) is 2. The van der Waals surface area contributed by atoms with Crippen LogP contribution >= 0.6 is 0 Å². The molecule has 1 heterocycles. The number of aromatic nitrogens is 2. The highest BCUT2D eigenvalue weighted by molar-refractivity contribution is 5.39. The van der Waals surface area contributed by atoms with Crippen molar-refractivity contribution in [1.82, 2.24) is 9.97 Å². The molecule has 0 fully saturated rings. The second kappa shape index (κ2) is 5.46. The van der Waals surface area contributed by atoms with Crippen molar-refractivity contribution >= 4 is 11.8 Å². The van der Waals surface area contributed by atoms with Gasteiger partial charge < -0.3 is 10.7 Å². The summed E-state index contributed by atoms with van der Waals surface area (Å²) in [5.74, 6) is 6.44. The van der Waals surface area contributed by atoms with Gasteiger partial charge in [0.05, 0.1) is 0 Å². The molecule has 4 N–H and O–H groups in total. The first-order valence-electron chi connectivity index (χ1n) is 5.78. The number of hydrazine groups is 1. The van der Waals surface area contributed by atoms with Crippen molar-refractivity contribution in [2.45, 2.75) is 20.4 Å². The van der Waals surface area contributed by atoms with Gasteiger partial charge >= 0.3 is 0 Å². The van der Waals surface area contributed by atoms with E-state index in [2.05, 4.69) is 52.8 Å². The smallest absolute Gasteiger partial charge is 0.224 e. The zero-order valence-electron chi connectivity index (χ0n) is 10.6. The van der Waals surface area contributed by atoms with E-state index in [1.807, 2.05) is 0 Å². The molecule has 0 aliphatic rings. The van der Waals surface area contributed by atoms with Crippen LogP contribution in [0.25, 0.3) is 0 Å². The Labute approximate surface area is 106 Å². The summed E-state index contributed by atoms with van der Waals surface area (Å²) in [5, 5.41) is 3.16. The van der Waals surface area contributed by atoms with Gasteiger partial charge in [0.1, 0.15) is 5.82 Å². The lowest BCUT2D eigenvalue weighted by molar-refractivity contribution is 1.04. The number of anilines is 2. The van der Waals surface area contributed by atoms with Gasteiger partial charge in [-0.05, 0) is 30.5 Å². The normalized spacial score (nSPS) is 10.2. The molecule has 94 valence electrons. The fraction of sp³-hybridized carbons (Fsp3) is 0.231. The number of nitrogens with zero attached hydrogens (tertiary/aromatic N) is 2. The van der Waals surface area contributed by atoms with Crippen LogP contribution in [-0.4, -0.2) is 9.97 Å². The molecule has 0 radical (unpaired) electrons. The standard InChI is InChI=1S/C13H17N5/c1-9-3-4-11(7-10(9)2)8-16-13-15-6-5-12(17-13)18-14/h3-7H,8,14H2,1-2H3,(H2,15,16,17,18). The zero-order valence-corrected chi connectivity index (χ0v) is 10.6. The van der Waals surface area contributed by atoms with Crippen molar-refractivity contribution in [3.05, 3.63) is 47.2 Å². The first kappa shape index (κ1) is 12.3. The monoisotopic (exact) mass is 243 g/mol. The topological polar surface area (TPSA) is 75.9 Å². The van der Waals surface area contributed by atoms with Crippen molar-refractivity contribution in [3.63, 3.8) is 0 Å². The van der Waals surface area contributed by atoms with E-state index in [1.165, 1.54) is 16.7 Å². The Morgan fingerprint density at radius 3 is 2.72 bits per heavy atom. The third-order valence-electron chi connectivity index (χ3n) is 2.83. The van der Waals surface area contributed by atoms with Crippen molar-refractivity contribution in [3.8, 4) is 0 Å². The SMILES string of the molecule is Cc1ccc(CNc2nccc(NN)n2)cc1C. The molecule has 5 nitrogen and oxygen atoms in total. The molecule has 0 saturated carbocycles. The first-order valence-corrected chi connectivity index (χ1v) is 5.78. The molecular formula is C13H17N5. The number of nitrogen functional groups attached to an aromatic ring is 1. The van der Waals surface area contributed by atoms with Crippen LogP contribution < -0.4 is 16.6 Å². The number of nitrogens with two attached hydrogens (primary N) is 1. The predicted octanol–water partition coefficient (Wildman–Crippen LogP) is 1.99. The number of aryl methyl sites for hydroxylation is 2. The largest absolute Gasteiger partial charge is 0.350 e. The lowest BCUT2D eigenvalue weighted by Crippen LogP contribution is -2.10. The summed E-state index contributed by atoms with van der Waals surface area (Å²) in [4.78, 5) is 8.31. The Kier molecular flexibility index (Phi) is 3.74. The van der Waals surface area contributed by atoms with E-state index in [1.54, 1.807) is 12.3 Å². The van der Waals surface area contributed by atoms with Gasteiger partial charge in [-0.1, -0.05) is 18.2 Å². The quantitative estimate of drug-likeness (QED) is 0.565. The highest BCUT2D eigenvalue weighted by atomic mass is 15.3. The third kappa shape index (κ3) is 2.95. The molecule has 0 aliphatic carbocycles. The maximum atomic E-state index is 5.29. The lowest BCUT2D eigenvalue weighted by atomic mass is 10.1. The summed E-state index contributed by atoms with van der Waals surface area (Å²) >= 11 is 0. The molecule has 2 rings (SSSR count). The Bertz CT molecular complexity index is 539. The predicted molar refractivity (Wildman–Crippen MR) is 73.1 cm³/mol. The van der Waals surface area contributed by atoms with E-state index < -0.39 is 0 Å². The summed E-state index contributed by atoms with van der Waals surface area (Å²) in [5.41, 5.74) is 6.27. The molecule has 0 aliphatic heterocycles. The summed E-state index contributed by atoms with van der Waals surface area (Å²) in [6.07, 6.45) is 1.66. The minimum absolute atomic E-state index is 0.559. The summed E-state index contributed by atoms with van der Waals surface area (Å²) in [7, 11) is 0. The van der Waals surface area contributed by atoms with Crippen LogP contribution in [0.5, 0.6) is 0 Å². The van der Waals surface area contributed by atoms with Gasteiger partial charge in [-0.15, -0.1) is 0 Å².